The summed E-state index contributed by atoms with van der Waals surface area (Å²) >= 11 is 0. The fourth-order valence-electron chi connectivity index (χ4n) is 4.30. The minimum atomic E-state index is 0.162. The molecule has 0 aliphatic carbocycles. The van der Waals surface area contributed by atoms with Gasteiger partial charge >= 0.3 is 0 Å². The van der Waals surface area contributed by atoms with E-state index in [-0.39, 0.29) is 11.7 Å². The first-order valence-corrected chi connectivity index (χ1v) is 11.7. The number of aryl methyl sites for hydroxylation is 1. The predicted octanol–water partition coefficient (Wildman–Crippen LogP) is 6.21. The number of nitrogens with zero attached hydrogens (tertiary/aromatic N) is 3. The molecule has 4 rings (SSSR count). The normalized spacial score (nSPS) is 11.3. The number of hydrogen-bond acceptors (Lipinski definition) is 4. The Bertz CT molecular complexity index is 1210. The Morgan fingerprint density at radius 3 is 2.67 bits per heavy atom. The predicted molar refractivity (Wildman–Crippen MR) is 132 cm³/mol. The van der Waals surface area contributed by atoms with E-state index in [1.54, 1.807) is 6.20 Å². The minimum Gasteiger partial charge on any atom is -0.494 e. The van der Waals surface area contributed by atoms with Crippen molar-refractivity contribution in [1.82, 2.24) is 14.5 Å². The van der Waals surface area contributed by atoms with E-state index in [4.69, 9.17) is 4.74 Å². The molecule has 0 N–H and O–H groups in total. The SMILES string of the molecule is CCCOc1ccc2c(C(=O)CCc3cccnc3)c(C(C)C)n(Cc3ccccn3)c2c1. The van der Waals surface area contributed by atoms with Crippen molar-refractivity contribution in [2.24, 2.45) is 0 Å². The van der Waals surface area contributed by atoms with Crippen LogP contribution in [-0.2, 0) is 13.0 Å². The standard InChI is InChI=1S/C28H31N3O2/c1-4-16-33-23-11-12-24-25(17-23)31(19-22-9-5-6-15-30-22)28(20(2)3)27(24)26(32)13-10-21-8-7-14-29-18-21/h5-9,11-12,14-15,17-18,20H,4,10,13,16,19H2,1-3H3. The van der Waals surface area contributed by atoms with Crippen molar-refractivity contribution in [3.8, 4) is 5.75 Å². The molecular weight excluding hydrogens is 410 g/mol. The van der Waals surface area contributed by atoms with E-state index in [0.29, 0.717) is 26.0 Å². The summed E-state index contributed by atoms with van der Waals surface area (Å²) in [6, 6.07) is 16.0. The van der Waals surface area contributed by atoms with Gasteiger partial charge in [0.25, 0.3) is 0 Å². The van der Waals surface area contributed by atoms with E-state index < -0.39 is 0 Å². The van der Waals surface area contributed by atoms with Crippen LogP contribution in [0.4, 0.5) is 0 Å². The molecular formula is C28H31N3O2. The maximum Gasteiger partial charge on any atom is 0.165 e. The molecule has 5 nitrogen and oxygen atoms in total. The van der Waals surface area contributed by atoms with Crippen molar-refractivity contribution in [3.63, 3.8) is 0 Å². The van der Waals surface area contributed by atoms with Crippen LogP contribution in [0.5, 0.6) is 5.75 Å². The van der Waals surface area contributed by atoms with E-state index in [1.807, 2.05) is 54.9 Å². The Kier molecular flexibility index (Phi) is 7.18. The van der Waals surface area contributed by atoms with E-state index >= 15 is 0 Å². The number of carbonyl (C=O) groups excluding carboxylic acids is 1. The smallest absolute Gasteiger partial charge is 0.165 e. The number of aromatic nitrogens is 3. The molecule has 0 unspecified atom stereocenters. The molecule has 33 heavy (non-hydrogen) atoms. The van der Waals surface area contributed by atoms with Gasteiger partial charge in [-0.15, -0.1) is 0 Å². The lowest BCUT2D eigenvalue weighted by Crippen LogP contribution is -2.11. The fraction of sp³-hybridized carbons (Fsp3) is 0.321. The average Bonchev–Trinajstić information content (AvgIpc) is 3.16. The molecule has 0 saturated carbocycles. The fourth-order valence-corrected chi connectivity index (χ4v) is 4.30. The Morgan fingerprint density at radius 2 is 1.97 bits per heavy atom. The van der Waals surface area contributed by atoms with Gasteiger partial charge < -0.3 is 9.30 Å². The van der Waals surface area contributed by atoms with Gasteiger partial charge in [0.05, 0.1) is 24.4 Å². The van der Waals surface area contributed by atoms with Gasteiger partial charge in [0.15, 0.2) is 5.78 Å². The van der Waals surface area contributed by atoms with Crippen molar-refractivity contribution in [2.45, 2.75) is 52.5 Å². The molecule has 0 aliphatic rings. The lowest BCUT2D eigenvalue weighted by Gasteiger charge is -2.15. The summed E-state index contributed by atoms with van der Waals surface area (Å²) in [6.07, 6.45) is 7.47. The van der Waals surface area contributed by atoms with Gasteiger partial charge in [0.2, 0.25) is 0 Å². The molecule has 0 amide bonds. The third-order valence-electron chi connectivity index (χ3n) is 5.78. The van der Waals surface area contributed by atoms with Crippen molar-refractivity contribution >= 4 is 16.7 Å². The van der Waals surface area contributed by atoms with Crippen LogP contribution in [0.15, 0.2) is 67.1 Å². The molecule has 3 aromatic heterocycles. The highest BCUT2D eigenvalue weighted by Gasteiger charge is 2.25. The zero-order valence-corrected chi connectivity index (χ0v) is 19.6. The lowest BCUT2D eigenvalue weighted by atomic mass is 9.96. The third-order valence-corrected chi connectivity index (χ3v) is 5.78. The molecule has 170 valence electrons. The Morgan fingerprint density at radius 1 is 1.09 bits per heavy atom. The van der Waals surface area contributed by atoms with Gasteiger partial charge in [-0.2, -0.15) is 0 Å². The first-order chi connectivity index (χ1) is 16.1. The Labute approximate surface area is 195 Å². The van der Waals surface area contributed by atoms with Gasteiger partial charge in [0.1, 0.15) is 5.75 Å². The number of pyridine rings is 2. The third kappa shape index (κ3) is 5.14. The molecule has 0 atom stereocenters. The summed E-state index contributed by atoms with van der Waals surface area (Å²) in [6.45, 7) is 7.67. The highest BCUT2D eigenvalue weighted by molar-refractivity contribution is 6.10. The van der Waals surface area contributed by atoms with Crippen molar-refractivity contribution in [3.05, 3.63) is 89.6 Å². The number of rotatable bonds is 10. The number of ether oxygens (including phenoxy) is 1. The molecule has 0 aliphatic heterocycles. The molecule has 3 heterocycles. The summed E-state index contributed by atoms with van der Waals surface area (Å²) in [5, 5.41) is 0.981. The highest BCUT2D eigenvalue weighted by atomic mass is 16.5. The average molecular weight is 442 g/mol. The van der Waals surface area contributed by atoms with Crippen LogP contribution in [-0.4, -0.2) is 26.9 Å². The first-order valence-electron chi connectivity index (χ1n) is 11.7. The number of hydrogen-bond donors (Lipinski definition) is 0. The molecule has 0 bridgehead atoms. The number of ketones is 1. The van der Waals surface area contributed by atoms with E-state index in [1.165, 1.54) is 0 Å². The largest absolute Gasteiger partial charge is 0.494 e. The second-order valence-corrected chi connectivity index (χ2v) is 8.63. The number of Topliss-reactive ketones (excluding diaryl/α,β-unsaturated/α-hetero) is 1. The van der Waals surface area contributed by atoms with Crippen LogP contribution in [0.3, 0.4) is 0 Å². The molecule has 1 aromatic carbocycles. The minimum absolute atomic E-state index is 0.162. The van der Waals surface area contributed by atoms with E-state index in [0.717, 1.165) is 45.6 Å². The summed E-state index contributed by atoms with van der Waals surface area (Å²) in [5.74, 6) is 1.17. The Balaban J connectivity index is 1.80. The topological polar surface area (TPSA) is 57.0 Å². The zero-order chi connectivity index (χ0) is 23.2. The maximum atomic E-state index is 13.6. The summed E-state index contributed by atoms with van der Waals surface area (Å²) in [7, 11) is 0. The zero-order valence-electron chi connectivity index (χ0n) is 19.6. The first kappa shape index (κ1) is 22.7. The number of fused-ring (bicyclic) bond motifs is 1. The van der Waals surface area contributed by atoms with E-state index in [2.05, 4.69) is 41.4 Å². The van der Waals surface area contributed by atoms with Gasteiger partial charge in [0, 0.05) is 47.7 Å². The molecule has 4 aromatic rings. The highest BCUT2D eigenvalue weighted by Crippen LogP contribution is 2.35. The maximum absolute atomic E-state index is 13.6. The molecule has 0 saturated heterocycles. The Hall–Kier alpha value is -3.47. The summed E-state index contributed by atoms with van der Waals surface area (Å²) in [5.41, 5.74) is 4.93. The summed E-state index contributed by atoms with van der Waals surface area (Å²) < 4.78 is 8.17. The molecule has 0 spiro atoms. The monoisotopic (exact) mass is 441 g/mol. The van der Waals surface area contributed by atoms with Gasteiger partial charge in [-0.05, 0) is 54.7 Å². The van der Waals surface area contributed by atoms with Crippen molar-refractivity contribution < 1.29 is 9.53 Å². The second-order valence-electron chi connectivity index (χ2n) is 8.63. The van der Waals surface area contributed by atoms with E-state index in [9.17, 15) is 4.79 Å². The van der Waals surface area contributed by atoms with Crippen molar-refractivity contribution in [2.75, 3.05) is 6.61 Å². The van der Waals surface area contributed by atoms with Crippen LogP contribution < -0.4 is 4.74 Å². The quantitative estimate of drug-likeness (QED) is 0.275. The van der Waals surface area contributed by atoms with Crippen LogP contribution in [0, 0.1) is 0 Å². The van der Waals surface area contributed by atoms with Crippen LogP contribution in [0.2, 0.25) is 0 Å². The van der Waals surface area contributed by atoms with Crippen LogP contribution in [0.1, 0.15) is 66.8 Å². The molecule has 0 radical (unpaired) electrons. The second kappa shape index (κ2) is 10.4. The van der Waals surface area contributed by atoms with Gasteiger partial charge in [-0.3, -0.25) is 14.8 Å². The molecule has 5 heteroatoms. The van der Waals surface area contributed by atoms with Gasteiger partial charge in [-0.25, -0.2) is 0 Å². The lowest BCUT2D eigenvalue weighted by molar-refractivity contribution is 0.0983. The number of carbonyl (C=O) groups is 1. The number of benzene rings is 1. The summed E-state index contributed by atoms with van der Waals surface area (Å²) in [4.78, 5) is 22.3. The van der Waals surface area contributed by atoms with Gasteiger partial charge in [-0.1, -0.05) is 32.9 Å². The molecule has 0 fully saturated rings. The van der Waals surface area contributed by atoms with Crippen LogP contribution in [0.25, 0.3) is 10.9 Å². The van der Waals surface area contributed by atoms with Crippen LogP contribution >= 0.6 is 0 Å². The van der Waals surface area contributed by atoms with Crippen molar-refractivity contribution in [1.29, 1.82) is 0 Å².